The molecule has 22 heavy (non-hydrogen) atoms. The Morgan fingerprint density at radius 1 is 1.32 bits per heavy atom. The van der Waals surface area contributed by atoms with E-state index in [0.29, 0.717) is 29.9 Å². The SMILES string of the molecule is CC1(C)OCC(C)(c2cc(OC=O)nc3cc(Br)nn23)CO1. The van der Waals surface area contributed by atoms with Gasteiger partial charge < -0.3 is 14.2 Å². The van der Waals surface area contributed by atoms with Crippen LogP contribution in [0.25, 0.3) is 5.65 Å². The van der Waals surface area contributed by atoms with Gasteiger partial charge in [0.25, 0.3) is 6.47 Å². The molecule has 0 spiro atoms. The minimum absolute atomic E-state index is 0.218. The fraction of sp³-hybridized carbons (Fsp3) is 0.500. The molecule has 0 amide bonds. The van der Waals surface area contributed by atoms with Crippen LogP contribution in [0.15, 0.2) is 16.7 Å². The first-order chi connectivity index (χ1) is 10.3. The molecule has 7 nitrogen and oxygen atoms in total. The average Bonchev–Trinajstić information content (AvgIpc) is 2.82. The van der Waals surface area contributed by atoms with Crippen molar-refractivity contribution >= 4 is 28.0 Å². The predicted octanol–water partition coefficient (Wildman–Crippen LogP) is 2.07. The van der Waals surface area contributed by atoms with Crippen molar-refractivity contribution in [1.82, 2.24) is 14.6 Å². The lowest BCUT2D eigenvalue weighted by molar-refractivity contribution is -0.267. The van der Waals surface area contributed by atoms with Gasteiger partial charge >= 0.3 is 0 Å². The van der Waals surface area contributed by atoms with Crippen LogP contribution in [0, 0.1) is 0 Å². The molecule has 0 bridgehead atoms. The number of hydrogen-bond acceptors (Lipinski definition) is 6. The summed E-state index contributed by atoms with van der Waals surface area (Å²) in [6.45, 7) is 7.03. The van der Waals surface area contributed by atoms with Crippen LogP contribution in [0.3, 0.4) is 0 Å². The molecule has 0 radical (unpaired) electrons. The quantitative estimate of drug-likeness (QED) is 0.770. The second-order valence-corrected chi connectivity index (χ2v) is 6.78. The third-order valence-electron chi connectivity index (χ3n) is 3.64. The van der Waals surface area contributed by atoms with E-state index >= 15 is 0 Å². The summed E-state index contributed by atoms with van der Waals surface area (Å²) in [5.74, 6) is -0.394. The van der Waals surface area contributed by atoms with Crippen molar-refractivity contribution in [2.75, 3.05) is 13.2 Å². The number of hydrogen-bond donors (Lipinski definition) is 0. The third kappa shape index (κ3) is 2.73. The van der Waals surface area contributed by atoms with Crippen LogP contribution in [0.2, 0.25) is 0 Å². The Labute approximate surface area is 135 Å². The van der Waals surface area contributed by atoms with Gasteiger partial charge in [-0.15, -0.1) is 0 Å². The molecule has 1 fully saturated rings. The smallest absolute Gasteiger partial charge is 0.299 e. The van der Waals surface area contributed by atoms with E-state index in [0.717, 1.165) is 5.69 Å². The molecule has 0 unspecified atom stereocenters. The van der Waals surface area contributed by atoms with Crippen molar-refractivity contribution in [3.63, 3.8) is 0 Å². The monoisotopic (exact) mass is 369 g/mol. The maximum absolute atomic E-state index is 10.6. The number of carbonyl (C=O) groups is 1. The topological polar surface area (TPSA) is 75.0 Å². The van der Waals surface area contributed by atoms with Crippen LogP contribution >= 0.6 is 15.9 Å². The number of ether oxygens (including phenoxy) is 3. The largest absolute Gasteiger partial charge is 0.410 e. The summed E-state index contributed by atoms with van der Waals surface area (Å²) in [4.78, 5) is 14.9. The first-order valence-corrected chi connectivity index (χ1v) is 7.57. The standard InChI is InChI=1S/C14H16BrN3O4/c1-13(2)21-6-14(3,7-22-13)9-4-12(20-8-19)16-11-5-10(15)17-18(9)11/h4-5,8H,6-7H2,1-3H3. The Morgan fingerprint density at radius 2 is 2.00 bits per heavy atom. The Balaban J connectivity index is 2.10. The fourth-order valence-electron chi connectivity index (χ4n) is 2.36. The first-order valence-electron chi connectivity index (χ1n) is 6.78. The van der Waals surface area contributed by atoms with Gasteiger partial charge in [-0.05, 0) is 36.7 Å². The highest BCUT2D eigenvalue weighted by Crippen LogP contribution is 2.34. The molecule has 0 aliphatic carbocycles. The van der Waals surface area contributed by atoms with Crippen molar-refractivity contribution in [1.29, 1.82) is 0 Å². The molecule has 1 aliphatic rings. The second-order valence-electron chi connectivity index (χ2n) is 5.97. The Kier molecular flexibility index (Phi) is 3.70. The lowest BCUT2D eigenvalue weighted by Gasteiger charge is -2.41. The highest BCUT2D eigenvalue weighted by molar-refractivity contribution is 9.10. The molecule has 0 N–H and O–H groups in total. The first kappa shape index (κ1) is 15.4. The van der Waals surface area contributed by atoms with Crippen LogP contribution in [0.5, 0.6) is 5.88 Å². The summed E-state index contributed by atoms with van der Waals surface area (Å²) in [5.41, 5.74) is 0.936. The van der Waals surface area contributed by atoms with Gasteiger partial charge in [0, 0.05) is 12.1 Å². The molecule has 3 heterocycles. The lowest BCUT2D eigenvalue weighted by Crippen LogP contribution is -2.48. The van der Waals surface area contributed by atoms with Crippen LogP contribution in [0.1, 0.15) is 26.5 Å². The molecule has 0 atom stereocenters. The number of fused-ring (bicyclic) bond motifs is 1. The summed E-state index contributed by atoms with van der Waals surface area (Å²) >= 11 is 3.34. The molecule has 2 aromatic rings. The van der Waals surface area contributed by atoms with E-state index in [1.807, 2.05) is 20.8 Å². The highest BCUT2D eigenvalue weighted by atomic mass is 79.9. The Morgan fingerprint density at radius 3 is 2.64 bits per heavy atom. The van der Waals surface area contributed by atoms with Gasteiger partial charge in [-0.1, -0.05) is 0 Å². The van der Waals surface area contributed by atoms with Crippen molar-refractivity contribution in [2.45, 2.75) is 32.0 Å². The molecule has 1 saturated heterocycles. The molecular formula is C14H16BrN3O4. The van der Waals surface area contributed by atoms with Gasteiger partial charge in [0.05, 0.1) is 24.3 Å². The van der Waals surface area contributed by atoms with E-state index in [1.165, 1.54) is 0 Å². The minimum atomic E-state index is -0.613. The number of carbonyl (C=O) groups excluding carboxylic acids is 1. The van der Waals surface area contributed by atoms with Gasteiger partial charge in [-0.3, -0.25) is 4.79 Å². The van der Waals surface area contributed by atoms with Crippen molar-refractivity contribution in [3.8, 4) is 5.88 Å². The number of halogens is 1. The zero-order valence-electron chi connectivity index (χ0n) is 12.5. The van der Waals surface area contributed by atoms with E-state index in [1.54, 1.807) is 16.6 Å². The molecule has 0 aromatic carbocycles. The van der Waals surface area contributed by atoms with Crippen LogP contribution in [-0.4, -0.2) is 40.1 Å². The highest BCUT2D eigenvalue weighted by Gasteiger charge is 2.40. The van der Waals surface area contributed by atoms with Gasteiger partial charge in [-0.25, -0.2) is 4.52 Å². The summed E-state index contributed by atoms with van der Waals surface area (Å²) < 4.78 is 18.8. The summed E-state index contributed by atoms with van der Waals surface area (Å²) in [5, 5.41) is 4.39. The van der Waals surface area contributed by atoms with Gasteiger partial charge in [-0.2, -0.15) is 10.1 Å². The fourth-order valence-corrected chi connectivity index (χ4v) is 2.72. The lowest BCUT2D eigenvalue weighted by atomic mass is 9.87. The Bertz CT molecular complexity index is 718. The average molecular weight is 370 g/mol. The zero-order valence-corrected chi connectivity index (χ0v) is 14.1. The molecule has 3 rings (SSSR count). The maximum Gasteiger partial charge on any atom is 0.299 e. The van der Waals surface area contributed by atoms with Gasteiger partial charge in [0.15, 0.2) is 11.4 Å². The van der Waals surface area contributed by atoms with E-state index in [-0.39, 0.29) is 5.88 Å². The maximum atomic E-state index is 10.6. The van der Waals surface area contributed by atoms with Crippen molar-refractivity contribution < 1.29 is 19.0 Å². The van der Waals surface area contributed by atoms with Crippen LogP contribution in [0.4, 0.5) is 0 Å². The van der Waals surface area contributed by atoms with E-state index in [2.05, 4.69) is 26.0 Å². The molecule has 2 aromatic heterocycles. The summed E-state index contributed by atoms with van der Waals surface area (Å²) in [6, 6.07) is 3.44. The summed E-state index contributed by atoms with van der Waals surface area (Å²) in [7, 11) is 0. The number of aromatic nitrogens is 3. The normalized spacial score (nSPS) is 20.0. The van der Waals surface area contributed by atoms with Crippen molar-refractivity contribution in [3.05, 3.63) is 22.4 Å². The van der Waals surface area contributed by atoms with Gasteiger partial charge in [0.1, 0.15) is 4.60 Å². The molecule has 1 aliphatic heterocycles. The minimum Gasteiger partial charge on any atom is -0.410 e. The molecular weight excluding hydrogens is 354 g/mol. The number of rotatable bonds is 3. The van der Waals surface area contributed by atoms with Crippen LogP contribution in [-0.2, 0) is 19.7 Å². The van der Waals surface area contributed by atoms with E-state index < -0.39 is 11.2 Å². The molecule has 118 valence electrons. The third-order valence-corrected chi connectivity index (χ3v) is 4.03. The molecule has 0 saturated carbocycles. The van der Waals surface area contributed by atoms with Crippen LogP contribution < -0.4 is 4.74 Å². The number of nitrogens with zero attached hydrogens (tertiary/aromatic N) is 3. The second kappa shape index (κ2) is 5.29. The summed E-state index contributed by atoms with van der Waals surface area (Å²) in [6.07, 6.45) is 0. The Hall–Kier alpha value is -1.51. The van der Waals surface area contributed by atoms with Crippen molar-refractivity contribution in [2.24, 2.45) is 0 Å². The van der Waals surface area contributed by atoms with Gasteiger partial charge in [0.2, 0.25) is 5.88 Å². The predicted molar refractivity (Wildman–Crippen MR) is 80.7 cm³/mol. The van der Waals surface area contributed by atoms with E-state index in [4.69, 9.17) is 14.2 Å². The molecule has 8 heteroatoms. The zero-order chi connectivity index (χ0) is 16.0. The van der Waals surface area contributed by atoms with E-state index in [9.17, 15) is 4.79 Å².